The van der Waals surface area contributed by atoms with E-state index in [1.165, 1.54) is 0 Å². The molecule has 0 saturated carbocycles. The second-order valence-electron chi connectivity index (χ2n) is 3.12. The van der Waals surface area contributed by atoms with E-state index in [2.05, 4.69) is 0 Å². The Labute approximate surface area is 86.4 Å². The summed E-state index contributed by atoms with van der Waals surface area (Å²) in [5.41, 5.74) is 6.39. The highest BCUT2D eigenvalue weighted by Gasteiger charge is 2.06. The van der Waals surface area contributed by atoms with Gasteiger partial charge in [-0.1, -0.05) is 36.4 Å². The van der Waals surface area contributed by atoms with Crippen LogP contribution in [0.1, 0.15) is 10.9 Å². The maximum absolute atomic E-state index is 12.3. The van der Waals surface area contributed by atoms with Crippen LogP contribution >= 0.6 is 12.1 Å². The van der Waals surface area contributed by atoms with Crippen molar-refractivity contribution in [3.63, 3.8) is 0 Å². The van der Waals surface area contributed by atoms with Gasteiger partial charge >= 0.3 is 0 Å². The lowest BCUT2D eigenvalue weighted by molar-refractivity contribution is 0.889. The molecule has 0 aromatic heterocycles. The molecule has 0 bridgehead atoms. The van der Waals surface area contributed by atoms with Gasteiger partial charge in [0.2, 0.25) is 0 Å². The zero-order chi connectivity index (χ0) is 9.97. The van der Waals surface area contributed by atoms with E-state index in [1.807, 2.05) is 42.5 Å². The molecule has 0 amide bonds. The highest BCUT2D eigenvalue weighted by molar-refractivity contribution is 7.94. The Kier molecular flexibility index (Phi) is 2.70. The molecular formula is C11H10FNS. The first-order valence-electron chi connectivity index (χ1n) is 4.33. The third-order valence-electron chi connectivity index (χ3n) is 2.20. The zero-order valence-electron chi connectivity index (χ0n) is 7.48. The van der Waals surface area contributed by atoms with Crippen LogP contribution < -0.4 is 5.73 Å². The van der Waals surface area contributed by atoms with E-state index in [0.717, 1.165) is 16.3 Å². The Bertz CT molecular complexity index is 444. The summed E-state index contributed by atoms with van der Waals surface area (Å²) in [6.45, 7) is 0. The van der Waals surface area contributed by atoms with Gasteiger partial charge in [-0.2, -0.15) is 3.89 Å². The van der Waals surface area contributed by atoms with Crippen LogP contribution in [0.15, 0.2) is 42.5 Å². The first-order valence-corrected chi connectivity index (χ1v) is 5.11. The lowest BCUT2D eigenvalue weighted by Gasteiger charge is -2.06. The quantitative estimate of drug-likeness (QED) is 0.764. The van der Waals surface area contributed by atoms with Crippen LogP contribution in [0.25, 0.3) is 10.8 Å². The highest BCUT2D eigenvalue weighted by Crippen LogP contribution is 2.26. The van der Waals surface area contributed by atoms with Crippen molar-refractivity contribution in [2.45, 2.75) is 5.37 Å². The third kappa shape index (κ3) is 1.74. The van der Waals surface area contributed by atoms with Gasteiger partial charge in [-0.3, -0.25) is 0 Å². The van der Waals surface area contributed by atoms with Gasteiger partial charge in [-0.05, 0) is 22.4 Å². The number of nitrogens with two attached hydrogens (primary N) is 1. The van der Waals surface area contributed by atoms with Gasteiger partial charge < -0.3 is 5.73 Å². The Morgan fingerprint density at radius 3 is 2.50 bits per heavy atom. The maximum Gasteiger partial charge on any atom is 0.108 e. The van der Waals surface area contributed by atoms with Crippen LogP contribution in [0.5, 0.6) is 0 Å². The van der Waals surface area contributed by atoms with Crippen molar-refractivity contribution in [2.75, 3.05) is 0 Å². The van der Waals surface area contributed by atoms with Crippen LogP contribution in [0, 0.1) is 0 Å². The summed E-state index contributed by atoms with van der Waals surface area (Å²) >= 11 is 0.164. The molecule has 0 saturated heterocycles. The number of hydrogen-bond acceptors (Lipinski definition) is 2. The van der Waals surface area contributed by atoms with Gasteiger partial charge in [-0.15, -0.1) is 0 Å². The van der Waals surface area contributed by atoms with Crippen LogP contribution in [0.4, 0.5) is 3.89 Å². The molecule has 2 aromatic carbocycles. The normalized spacial score (nSPS) is 13.0. The molecule has 2 rings (SSSR count). The molecule has 0 aliphatic carbocycles. The van der Waals surface area contributed by atoms with E-state index in [4.69, 9.17) is 5.73 Å². The van der Waals surface area contributed by atoms with Crippen LogP contribution in [0.3, 0.4) is 0 Å². The van der Waals surface area contributed by atoms with E-state index in [-0.39, 0.29) is 12.1 Å². The lowest BCUT2D eigenvalue weighted by Crippen LogP contribution is -2.03. The van der Waals surface area contributed by atoms with E-state index >= 15 is 0 Å². The summed E-state index contributed by atoms with van der Waals surface area (Å²) in [6.07, 6.45) is 0. The van der Waals surface area contributed by atoms with Crippen molar-refractivity contribution >= 4 is 22.9 Å². The zero-order valence-corrected chi connectivity index (χ0v) is 8.30. The molecule has 1 atom stereocenters. The standard InChI is InChI=1S/C11H10FNS/c12-14-11(13)10-6-5-8-3-1-2-4-9(8)7-10/h1-7,11H,13H2. The SMILES string of the molecule is NC(SF)c1ccc2ccccc2c1. The van der Waals surface area contributed by atoms with Gasteiger partial charge in [0.15, 0.2) is 0 Å². The van der Waals surface area contributed by atoms with E-state index < -0.39 is 5.37 Å². The van der Waals surface area contributed by atoms with Crippen molar-refractivity contribution in [1.82, 2.24) is 0 Å². The fourth-order valence-electron chi connectivity index (χ4n) is 1.44. The molecule has 0 aliphatic rings. The Morgan fingerprint density at radius 2 is 1.79 bits per heavy atom. The van der Waals surface area contributed by atoms with Crippen LogP contribution in [-0.2, 0) is 0 Å². The summed E-state index contributed by atoms with van der Waals surface area (Å²) in [5.74, 6) is 0. The smallest absolute Gasteiger partial charge is 0.108 e. The second-order valence-corrected chi connectivity index (χ2v) is 3.80. The minimum atomic E-state index is -0.584. The topological polar surface area (TPSA) is 26.0 Å². The predicted octanol–water partition coefficient (Wildman–Crippen LogP) is 3.41. The lowest BCUT2D eigenvalue weighted by atomic mass is 10.1. The number of rotatable bonds is 2. The van der Waals surface area contributed by atoms with E-state index in [0.29, 0.717) is 0 Å². The summed E-state index contributed by atoms with van der Waals surface area (Å²) in [7, 11) is 0. The maximum atomic E-state index is 12.3. The second kappa shape index (κ2) is 3.98. The molecule has 3 heteroatoms. The molecule has 1 nitrogen and oxygen atoms in total. The fourth-order valence-corrected chi connectivity index (χ4v) is 1.69. The average molecular weight is 207 g/mol. The molecular weight excluding hydrogens is 197 g/mol. The predicted molar refractivity (Wildman–Crippen MR) is 59.6 cm³/mol. The van der Waals surface area contributed by atoms with Crippen molar-refractivity contribution in [1.29, 1.82) is 0 Å². The van der Waals surface area contributed by atoms with E-state index in [9.17, 15) is 3.89 Å². The van der Waals surface area contributed by atoms with Gasteiger partial charge in [0.25, 0.3) is 0 Å². The largest absolute Gasteiger partial charge is 0.313 e. The number of halogens is 1. The molecule has 1 unspecified atom stereocenters. The van der Waals surface area contributed by atoms with Gasteiger partial charge in [-0.25, -0.2) is 0 Å². The van der Waals surface area contributed by atoms with Crippen molar-refractivity contribution in [2.24, 2.45) is 5.73 Å². The van der Waals surface area contributed by atoms with Gasteiger partial charge in [0.1, 0.15) is 5.37 Å². The highest BCUT2D eigenvalue weighted by atomic mass is 32.2. The average Bonchev–Trinajstić information content (AvgIpc) is 2.27. The summed E-state index contributed by atoms with van der Waals surface area (Å²) < 4.78 is 12.3. The van der Waals surface area contributed by atoms with E-state index in [1.54, 1.807) is 0 Å². The number of hydrogen-bond donors (Lipinski definition) is 1. The molecule has 0 aliphatic heterocycles. The minimum absolute atomic E-state index is 0.164. The molecule has 0 radical (unpaired) electrons. The first-order chi connectivity index (χ1) is 6.81. The monoisotopic (exact) mass is 207 g/mol. The Hall–Kier alpha value is -1.06. The molecule has 2 aromatic rings. The Balaban J connectivity index is 2.51. The van der Waals surface area contributed by atoms with Crippen molar-refractivity contribution < 1.29 is 3.89 Å². The first kappa shape index (κ1) is 9.49. The third-order valence-corrected chi connectivity index (χ3v) is 2.66. The minimum Gasteiger partial charge on any atom is -0.313 e. The van der Waals surface area contributed by atoms with Crippen LogP contribution in [-0.4, -0.2) is 0 Å². The van der Waals surface area contributed by atoms with Crippen molar-refractivity contribution in [3.05, 3.63) is 48.0 Å². The van der Waals surface area contributed by atoms with Crippen LogP contribution in [0.2, 0.25) is 0 Å². The molecule has 0 heterocycles. The van der Waals surface area contributed by atoms with Gasteiger partial charge in [0, 0.05) is 0 Å². The molecule has 14 heavy (non-hydrogen) atoms. The molecule has 72 valence electrons. The number of fused-ring (bicyclic) bond motifs is 1. The van der Waals surface area contributed by atoms with Crippen molar-refractivity contribution in [3.8, 4) is 0 Å². The molecule has 0 fully saturated rings. The molecule has 0 spiro atoms. The summed E-state index contributed by atoms with van der Waals surface area (Å²) in [6, 6.07) is 13.7. The number of benzene rings is 2. The molecule has 2 N–H and O–H groups in total. The Morgan fingerprint density at radius 1 is 1.07 bits per heavy atom. The van der Waals surface area contributed by atoms with Gasteiger partial charge in [0.05, 0.1) is 12.1 Å². The summed E-state index contributed by atoms with van der Waals surface area (Å²) in [5, 5.41) is 1.65. The summed E-state index contributed by atoms with van der Waals surface area (Å²) in [4.78, 5) is 0. The fraction of sp³-hybridized carbons (Fsp3) is 0.0909.